The van der Waals surface area contributed by atoms with Crippen LogP contribution in [0.15, 0.2) is 45.9 Å². The Labute approximate surface area is 130 Å². The van der Waals surface area contributed by atoms with Crippen molar-refractivity contribution in [3.63, 3.8) is 0 Å². The van der Waals surface area contributed by atoms with Crippen LogP contribution < -0.4 is 0 Å². The number of halogens is 2. The minimum absolute atomic E-state index is 0.0100. The number of nitrogens with zero attached hydrogens (tertiary/aromatic N) is 2. The van der Waals surface area contributed by atoms with Crippen LogP contribution in [0.1, 0.15) is 11.1 Å². The van der Waals surface area contributed by atoms with Crippen molar-refractivity contribution in [2.45, 2.75) is 18.0 Å². The fourth-order valence-corrected chi connectivity index (χ4v) is 4.51. The van der Waals surface area contributed by atoms with E-state index in [1.807, 2.05) is 24.3 Å². The maximum Gasteiger partial charge on any atom is 0.246 e. The highest BCUT2D eigenvalue weighted by atomic mass is 79.9. The van der Waals surface area contributed by atoms with Crippen LogP contribution in [0.3, 0.4) is 0 Å². The SMILES string of the molecule is O=S(=O)(c1cc(Br)cnc1Cl)N1Cc2ccccc2C1. The molecule has 4 nitrogen and oxygen atoms in total. The summed E-state index contributed by atoms with van der Waals surface area (Å²) in [7, 11) is -3.65. The molecule has 3 rings (SSSR count). The summed E-state index contributed by atoms with van der Waals surface area (Å²) in [6.07, 6.45) is 1.47. The van der Waals surface area contributed by atoms with E-state index in [-0.39, 0.29) is 10.0 Å². The number of hydrogen-bond acceptors (Lipinski definition) is 3. The first-order chi connectivity index (χ1) is 9.48. The van der Waals surface area contributed by atoms with E-state index >= 15 is 0 Å². The van der Waals surface area contributed by atoms with Crippen LogP contribution in [0, 0.1) is 0 Å². The van der Waals surface area contributed by atoms with E-state index in [2.05, 4.69) is 20.9 Å². The summed E-state index contributed by atoms with van der Waals surface area (Å²) < 4.78 is 27.3. The highest BCUT2D eigenvalue weighted by molar-refractivity contribution is 9.10. The van der Waals surface area contributed by atoms with Gasteiger partial charge < -0.3 is 0 Å². The molecule has 2 aromatic rings. The lowest BCUT2D eigenvalue weighted by molar-refractivity contribution is 0.431. The minimum Gasteiger partial charge on any atom is -0.242 e. The predicted molar refractivity (Wildman–Crippen MR) is 79.8 cm³/mol. The fraction of sp³-hybridized carbons (Fsp3) is 0.154. The summed E-state index contributed by atoms with van der Waals surface area (Å²) in [5.41, 5.74) is 2.05. The van der Waals surface area contributed by atoms with Gasteiger partial charge in [0, 0.05) is 23.8 Å². The lowest BCUT2D eigenvalue weighted by Crippen LogP contribution is -2.26. The van der Waals surface area contributed by atoms with Gasteiger partial charge >= 0.3 is 0 Å². The number of pyridine rings is 1. The topological polar surface area (TPSA) is 50.3 Å². The number of benzene rings is 1. The third kappa shape index (κ3) is 2.37. The molecule has 0 N–H and O–H groups in total. The summed E-state index contributed by atoms with van der Waals surface area (Å²) in [5, 5.41) is -0.0100. The van der Waals surface area contributed by atoms with Crippen LogP contribution >= 0.6 is 27.5 Å². The molecule has 1 aliphatic rings. The van der Waals surface area contributed by atoms with Gasteiger partial charge in [-0.1, -0.05) is 35.9 Å². The Bertz CT molecular complexity index is 755. The molecule has 2 heterocycles. The second-order valence-corrected chi connectivity index (χ2v) is 7.66. The number of hydrogen-bond donors (Lipinski definition) is 0. The van der Waals surface area contributed by atoms with Crippen LogP contribution in [0.2, 0.25) is 5.15 Å². The van der Waals surface area contributed by atoms with Gasteiger partial charge in [0.15, 0.2) is 0 Å². The Balaban J connectivity index is 2.01. The van der Waals surface area contributed by atoms with Crippen molar-refractivity contribution >= 4 is 37.6 Å². The molecule has 1 aromatic carbocycles. The Morgan fingerprint density at radius 2 is 1.80 bits per heavy atom. The standard InChI is InChI=1S/C13H10BrClN2O2S/c14-11-5-12(13(15)16-6-11)20(18,19)17-7-9-3-1-2-4-10(9)8-17/h1-6H,7-8H2. The first-order valence-electron chi connectivity index (χ1n) is 5.86. The first-order valence-corrected chi connectivity index (χ1v) is 8.47. The van der Waals surface area contributed by atoms with Crippen LogP contribution in [-0.4, -0.2) is 17.7 Å². The van der Waals surface area contributed by atoms with Crippen LogP contribution in [0.5, 0.6) is 0 Å². The summed E-state index contributed by atoms with van der Waals surface area (Å²) in [6.45, 7) is 0.725. The molecule has 0 amide bonds. The third-order valence-electron chi connectivity index (χ3n) is 3.20. The lowest BCUT2D eigenvalue weighted by Gasteiger charge is -2.16. The monoisotopic (exact) mass is 372 g/mol. The van der Waals surface area contributed by atoms with Crippen LogP contribution in [-0.2, 0) is 23.1 Å². The maximum atomic E-state index is 12.7. The zero-order chi connectivity index (χ0) is 14.3. The molecule has 0 saturated carbocycles. The summed E-state index contributed by atoms with van der Waals surface area (Å²) >= 11 is 9.15. The van der Waals surface area contributed by atoms with Gasteiger partial charge in [-0.05, 0) is 33.1 Å². The first kappa shape index (κ1) is 14.0. The average molecular weight is 374 g/mol. The molecule has 20 heavy (non-hydrogen) atoms. The van der Waals surface area contributed by atoms with Gasteiger partial charge in [-0.2, -0.15) is 4.31 Å². The van der Waals surface area contributed by atoms with Crippen molar-refractivity contribution in [2.24, 2.45) is 0 Å². The van der Waals surface area contributed by atoms with Gasteiger partial charge in [0.25, 0.3) is 0 Å². The van der Waals surface area contributed by atoms with Crippen molar-refractivity contribution in [2.75, 3.05) is 0 Å². The molecule has 104 valence electrons. The smallest absolute Gasteiger partial charge is 0.242 e. The molecule has 0 bridgehead atoms. The Morgan fingerprint density at radius 1 is 1.20 bits per heavy atom. The normalized spacial score (nSPS) is 15.3. The second-order valence-electron chi connectivity index (χ2n) is 4.48. The minimum atomic E-state index is -3.65. The van der Waals surface area contributed by atoms with Crippen molar-refractivity contribution in [1.29, 1.82) is 0 Å². The lowest BCUT2D eigenvalue weighted by atomic mass is 10.1. The summed E-state index contributed by atoms with van der Waals surface area (Å²) in [5.74, 6) is 0. The molecule has 1 aliphatic heterocycles. The van der Waals surface area contributed by atoms with Gasteiger partial charge in [0.05, 0.1) is 0 Å². The van der Waals surface area contributed by atoms with E-state index in [9.17, 15) is 8.42 Å². The number of sulfonamides is 1. The maximum absolute atomic E-state index is 12.7. The van der Waals surface area contributed by atoms with Crippen LogP contribution in [0.4, 0.5) is 0 Å². The van der Waals surface area contributed by atoms with E-state index in [1.165, 1.54) is 16.6 Å². The van der Waals surface area contributed by atoms with Crippen molar-refractivity contribution in [3.8, 4) is 0 Å². The largest absolute Gasteiger partial charge is 0.246 e. The third-order valence-corrected chi connectivity index (χ3v) is 5.86. The molecule has 7 heteroatoms. The van der Waals surface area contributed by atoms with E-state index in [0.29, 0.717) is 17.6 Å². The van der Waals surface area contributed by atoms with Crippen molar-refractivity contribution < 1.29 is 8.42 Å². The Kier molecular flexibility index (Phi) is 3.58. The van der Waals surface area contributed by atoms with E-state index in [4.69, 9.17) is 11.6 Å². The number of rotatable bonds is 2. The molecule has 0 aliphatic carbocycles. The highest BCUT2D eigenvalue weighted by Crippen LogP contribution is 2.31. The molecular weight excluding hydrogens is 364 g/mol. The van der Waals surface area contributed by atoms with E-state index < -0.39 is 10.0 Å². The molecule has 0 spiro atoms. The van der Waals surface area contributed by atoms with Crippen molar-refractivity contribution in [3.05, 3.63) is 57.3 Å². The van der Waals surface area contributed by atoms with Gasteiger partial charge in [0.1, 0.15) is 10.0 Å². The zero-order valence-corrected chi connectivity index (χ0v) is 13.4. The van der Waals surface area contributed by atoms with Gasteiger partial charge in [0.2, 0.25) is 10.0 Å². The summed E-state index contributed by atoms with van der Waals surface area (Å²) in [6, 6.07) is 9.16. The predicted octanol–water partition coefficient (Wildman–Crippen LogP) is 3.20. The molecule has 0 radical (unpaired) electrons. The zero-order valence-electron chi connectivity index (χ0n) is 10.3. The molecule has 0 saturated heterocycles. The van der Waals surface area contributed by atoms with Crippen molar-refractivity contribution in [1.82, 2.24) is 9.29 Å². The molecular formula is C13H10BrClN2O2S. The quantitative estimate of drug-likeness (QED) is 0.760. The van der Waals surface area contributed by atoms with Gasteiger partial charge in [-0.25, -0.2) is 13.4 Å². The molecule has 0 atom stereocenters. The second kappa shape index (κ2) is 5.11. The average Bonchev–Trinajstić information content (AvgIpc) is 2.86. The molecule has 0 unspecified atom stereocenters. The number of fused-ring (bicyclic) bond motifs is 1. The van der Waals surface area contributed by atoms with Gasteiger partial charge in [-0.15, -0.1) is 0 Å². The Hall–Kier alpha value is -0.950. The Morgan fingerprint density at radius 3 is 2.40 bits per heavy atom. The summed E-state index contributed by atoms with van der Waals surface area (Å²) in [4.78, 5) is 3.91. The van der Waals surface area contributed by atoms with Crippen LogP contribution in [0.25, 0.3) is 0 Å². The highest BCUT2D eigenvalue weighted by Gasteiger charge is 2.32. The number of aromatic nitrogens is 1. The van der Waals surface area contributed by atoms with E-state index in [0.717, 1.165) is 11.1 Å². The van der Waals surface area contributed by atoms with Gasteiger partial charge in [-0.3, -0.25) is 0 Å². The van der Waals surface area contributed by atoms with E-state index in [1.54, 1.807) is 0 Å². The fourth-order valence-electron chi connectivity index (χ4n) is 2.20. The molecule has 1 aromatic heterocycles. The molecule has 0 fully saturated rings.